The average molecular weight is 441 g/mol. The maximum atomic E-state index is 13.2. The molecule has 0 radical (unpaired) electrons. The van der Waals surface area contributed by atoms with Crippen molar-refractivity contribution < 1.29 is 28.5 Å². The van der Waals surface area contributed by atoms with Crippen LogP contribution in [0.1, 0.15) is 47.7 Å². The van der Waals surface area contributed by atoms with Crippen molar-refractivity contribution in [1.82, 2.24) is 0 Å². The Hall–Kier alpha value is -2.83. The summed E-state index contributed by atoms with van der Waals surface area (Å²) in [6.45, 7) is 2.45. The fraction of sp³-hybridized carbons (Fsp3) is 0.423. The number of esters is 1. The Labute approximate surface area is 190 Å². The molecular weight excluding hydrogens is 408 g/mol. The Kier molecular flexibility index (Phi) is 9.13. The molecule has 0 saturated carbocycles. The van der Waals surface area contributed by atoms with Crippen LogP contribution in [0.4, 0.5) is 0 Å². The van der Waals surface area contributed by atoms with Gasteiger partial charge in [-0.05, 0) is 49.8 Å². The van der Waals surface area contributed by atoms with Gasteiger partial charge < -0.3 is 23.7 Å². The van der Waals surface area contributed by atoms with Crippen LogP contribution in [0.15, 0.2) is 54.6 Å². The van der Waals surface area contributed by atoms with E-state index in [0.29, 0.717) is 36.5 Å². The van der Waals surface area contributed by atoms with Crippen LogP contribution in [0, 0.1) is 0 Å². The predicted molar refractivity (Wildman–Crippen MR) is 122 cm³/mol. The minimum atomic E-state index is -0.433. The van der Waals surface area contributed by atoms with E-state index in [4.69, 9.17) is 23.7 Å². The van der Waals surface area contributed by atoms with Gasteiger partial charge in [-0.2, -0.15) is 0 Å². The Morgan fingerprint density at radius 2 is 1.91 bits per heavy atom. The van der Waals surface area contributed by atoms with E-state index in [1.807, 2.05) is 43.3 Å². The first-order valence-corrected chi connectivity index (χ1v) is 11.0. The third kappa shape index (κ3) is 6.58. The van der Waals surface area contributed by atoms with Crippen LogP contribution in [0.5, 0.6) is 11.5 Å². The number of carbonyl (C=O) groups excluding carboxylic acids is 1. The summed E-state index contributed by atoms with van der Waals surface area (Å²) in [7, 11) is 3.10. The summed E-state index contributed by atoms with van der Waals surface area (Å²) in [5.74, 6) is 0.607. The second kappa shape index (κ2) is 12.3. The van der Waals surface area contributed by atoms with E-state index in [1.54, 1.807) is 13.2 Å². The first-order valence-electron chi connectivity index (χ1n) is 11.0. The highest BCUT2D eigenvalue weighted by Gasteiger charge is 2.26. The fourth-order valence-electron chi connectivity index (χ4n) is 3.68. The number of aryl methyl sites for hydroxylation is 1. The lowest BCUT2D eigenvalue weighted by molar-refractivity contribution is -0.0511. The second-order valence-corrected chi connectivity index (χ2v) is 7.76. The van der Waals surface area contributed by atoms with E-state index >= 15 is 0 Å². The van der Waals surface area contributed by atoms with Crippen LogP contribution in [0.3, 0.4) is 0 Å². The number of ether oxygens (including phenoxy) is 5. The van der Waals surface area contributed by atoms with Gasteiger partial charge in [0.25, 0.3) is 0 Å². The van der Waals surface area contributed by atoms with E-state index in [-0.39, 0.29) is 12.9 Å². The minimum Gasteiger partial charge on any atom is -0.496 e. The van der Waals surface area contributed by atoms with Crippen molar-refractivity contribution in [3.63, 3.8) is 0 Å². The topological polar surface area (TPSA) is 63.2 Å². The second-order valence-electron chi connectivity index (χ2n) is 7.76. The molecular formula is C26H32O6. The highest BCUT2D eigenvalue weighted by atomic mass is 16.7. The van der Waals surface area contributed by atoms with Gasteiger partial charge in [0.15, 0.2) is 6.79 Å². The molecule has 172 valence electrons. The molecule has 0 N–H and O–H groups in total. The van der Waals surface area contributed by atoms with Crippen LogP contribution in [-0.2, 0) is 27.2 Å². The Bertz CT molecular complexity index is 893. The van der Waals surface area contributed by atoms with Crippen molar-refractivity contribution in [2.75, 3.05) is 21.0 Å². The summed E-state index contributed by atoms with van der Waals surface area (Å²) in [5.41, 5.74) is 2.36. The highest BCUT2D eigenvalue weighted by Crippen LogP contribution is 2.32. The molecule has 3 rings (SSSR count). The highest BCUT2D eigenvalue weighted by molar-refractivity contribution is 5.94. The summed E-state index contributed by atoms with van der Waals surface area (Å²) in [6, 6.07) is 13.5. The van der Waals surface area contributed by atoms with Gasteiger partial charge in [-0.1, -0.05) is 42.5 Å². The smallest absolute Gasteiger partial charge is 0.342 e. The number of carbonyl (C=O) groups is 1. The molecule has 2 aromatic carbocycles. The zero-order chi connectivity index (χ0) is 22.8. The number of rotatable bonds is 7. The van der Waals surface area contributed by atoms with Crippen LogP contribution < -0.4 is 9.47 Å². The van der Waals surface area contributed by atoms with Crippen molar-refractivity contribution in [3.8, 4) is 11.5 Å². The zero-order valence-corrected chi connectivity index (χ0v) is 19.0. The summed E-state index contributed by atoms with van der Waals surface area (Å²) < 4.78 is 28.1. The quantitative estimate of drug-likeness (QED) is 0.339. The lowest BCUT2D eigenvalue weighted by Gasteiger charge is -2.25. The molecule has 0 amide bonds. The number of methoxy groups -OCH3 is 2. The minimum absolute atomic E-state index is 0.118. The molecule has 0 fully saturated rings. The van der Waals surface area contributed by atoms with Crippen molar-refractivity contribution in [2.45, 2.75) is 51.4 Å². The molecule has 6 heteroatoms. The Morgan fingerprint density at radius 3 is 2.66 bits per heavy atom. The lowest BCUT2D eigenvalue weighted by atomic mass is 9.99. The maximum absolute atomic E-state index is 13.2. The molecule has 1 aliphatic rings. The van der Waals surface area contributed by atoms with Crippen LogP contribution in [0.2, 0.25) is 0 Å². The van der Waals surface area contributed by atoms with E-state index < -0.39 is 12.1 Å². The van der Waals surface area contributed by atoms with Gasteiger partial charge in [0.1, 0.15) is 23.2 Å². The molecule has 0 unspecified atom stereocenters. The van der Waals surface area contributed by atoms with Crippen LogP contribution in [-0.4, -0.2) is 39.2 Å². The van der Waals surface area contributed by atoms with E-state index in [9.17, 15) is 4.79 Å². The van der Waals surface area contributed by atoms with Crippen molar-refractivity contribution in [1.29, 1.82) is 0 Å². The summed E-state index contributed by atoms with van der Waals surface area (Å²) in [6.07, 6.45) is 6.76. The SMILES string of the molecule is COCOc1cc2c(c(OC)c1)C(=O)O[C@H](C)[C@@H](OCc1ccccc1)C/C=C/CCC2. The molecule has 2 atom stereocenters. The summed E-state index contributed by atoms with van der Waals surface area (Å²) in [5, 5.41) is 0. The van der Waals surface area contributed by atoms with Crippen molar-refractivity contribution in [2.24, 2.45) is 0 Å². The molecule has 0 bridgehead atoms. The predicted octanol–water partition coefficient (Wildman–Crippen LogP) is 5.09. The number of benzene rings is 2. The molecule has 2 aromatic rings. The zero-order valence-electron chi connectivity index (χ0n) is 19.0. The largest absolute Gasteiger partial charge is 0.496 e. The monoisotopic (exact) mass is 440 g/mol. The third-order valence-corrected chi connectivity index (χ3v) is 5.40. The first-order chi connectivity index (χ1) is 15.6. The molecule has 0 aromatic heterocycles. The van der Waals surface area contributed by atoms with E-state index in [1.165, 1.54) is 7.11 Å². The fourth-order valence-corrected chi connectivity index (χ4v) is 3.68. The van der Waals surface area contributed by atoms with E-state index in [0.717, 1.165) is 24.0 Å². The Balaban J connectivity index is 1.83. The van der Waals surface area contributed by atoms with Gasteiger partial charge in [-0.15, -0.1) is 0 Å². The molecule has 0 spiro atoms. The maximum Gasteiger partial charge on any atom is 0.342 e. The van der Waals surface area contributed by atoms with Crippen molar-refractivity contribution in [3.05, 3.63) is 71.3 Å². The molecule has 6 nitrogen and oxygen atoms in total. The van der Waals surface area contributed by atoms with Gasteiger partial charge in [0.2, 0.25) is 0 Å². The molecule has 1 heterocycles. The van der Waals surface area contributed by atoms with Gasteiger partial charge in [-0.3, -0.25) is 0 Å². The van der Waals surface area contributed by atoms with E-state index in [2.05, 4.69) is 12.2 Å². The number of allylic oxidation sites excluding steroid dienone is 1. The van der Waals surface area contributed by atoms with Gasteiger partial charge in [0, 0.05) is 13.2 Å². The molecule has 0 aliphatic carbocycles. The molecule has 1 aliphatic heterocycles. The normalized spacial score (nSPS) is 20.3. The van der Waals surface area contributed by atoms with Gasteiger partial charge in [-0.25, -0.2) is 4.79 Å². The number of cyclic esters (lactones) is 1. The third-order valence-electron chi connectivity index (χ3n) is 5.40. The summed E-state index contributed by atoms with van der Waals surface area (Å²) >= 11 is 0. The number of fused-ring (bicyclic) bond motifs is 1. The van der Waals surface area contributed by atoms with Crippen LogP contribution >= 0.6 is 0 Å². The number of hydrogen-bond donors (Lipinski definition) is 0. The molecule has 32 heavy (non-hydrogen) atoms. The molecule has 0 saturated heterocycles. The number of hydrogen-bond acceptors (Lipinski definition) is 6. The summed E-state index contributed by atoms with van der Waals surface area (Å²) in [4.78, 5) is 13.2. The standard InChI is InChI=1S/C26H32O6/c1-19-23(30-17-20-11-7-6-8-12-20)14-10-5-4-9-13-21-15-22(31-18-28-2)16-24(29-3)25(21)26(27)32-19/h5-8,10-12,15-16,19,23H,4,9,13-14,17-18H2,1-3H3/b10-5+/t19-,23+/m1/s1. The average Bonchev–Trinajstić information content (AvgIpc) is 2.81. The first kappa shape index (κ1) is 23.8. The van der Waals surface area contributed by atoms with Gasteiger partial charge in [0.05, 0.1) is 19.8 Å². The Morgan fingerprint density at radius 1 is 1.09 bits per heavy atom. The van der Waals surface area contributed by atoms with Gasteiger partial charge >= 0.3 is 5.97 Å². The van der Waals surface area contributed by atoms with Crippen LogP contribution in [0.25, 0.3) is 0 Å². The lowest BCUT2D eigenvalue weighted by Crippen LogP contribution is -2.31. The van der Waals surface area contributed by atoms with Crippen molar-refractivity contribution >= 4 is 5.97 Å².